The third-order valence-corrected chi connectivity index (χ3v) is 10.6. The fourth-order valence-electron chi connectivity index (χ4n) is 4.71. The SMILES string of the molecule is O[C@@H](c1ccccc1F)c1ccccc1[P+](c1ccccc1)(c1ccccc1)c1ccccc1. The number of halogens is 1. The van der Waals surface area contributed by atoms with Gasteiger partial charge in [-0.1, -0.05) is 91.0 Å². The van der Waals surface area contributed by atoms with E-state index in [1.54, 1.807) is 18.2 Å². The van der Waals surface area contributed by atoms with Gasteiger partial charge in [-0.05, 0) is 48.5 Å². The summed E-state index contributed by atoms with van der Waals surface area (Å²) in [5, 5.41) is 16.1. The fraction of sp³-hybridized carbons (Fsp3) is 0.0323. The number of benzene rings is 5. The molecule has 0 radical (unpaired) electrons. The summed E-state index contributed by atoms with van der Waals surface area (Å²) in [5.74, 6) is -0.409. The Hall–Kier alpha value is -3.58. The number of aliphatic hydroxyl groups is 1. The summed E-state index contributed by atoms with van der Waals surface area (Å²) in [6.45, 7) is 0. The Morgan fingerprint density at radius 1 is 0.471 bits per heavy atom. The Labute approximate surface area is 200 Å². The van der Waals surface area contributed by atoms with E-state index in [9.17, 15) is 9.50 Å². The number of rotatable bonds is 6. The van der Waals surface area contributed by atoms with Crippen LogP contribution in [0.4, 0.5) is 4.39 Å². The van der Waals surface area contributed by atoms with Crippen LogP contribution in [0.5, 0.6) is 0 Å². The molecule has 0 aliphatic heterocycles. The Balaban J connectivity index is 1.88. The monoisotopic (exact) mass is 463 g/mol. The summed E-state index contributed by atoms with van der Waals surface area (Å²) < 4.78 is 14.8. The molecule has 0 unspecified atom stereocenters. The van der Waals surface area contributed by atoms with Crippen molar-refractivity contribution in [2.45, 2.75) is 6.10 Å². The van der Waals surface area contributed by atoms with Crippen molar-refractivity contribution in [2.75, 3.05) is 0 Å². The highest BCUT2D eigenvalue weighted by Crippen LogP contribution is 2.55. The molecule has 5 aromatic rings. The van der Waals surface area contributed by atoms with E-state index in [1.165, 1.54) is 22.0 Å². The second kappa shape index (κ2) is 9.73. The van der Waals surface area contributed by atoms with Crippen molar-refractivity contribution in [3.63, 3.8) is 0 Å². The van der Waals surface area contributed by atoms with Crippen molar-refractivity contribution in [3.8, 4) is 0 Å². The molecule has 0 fully saturated rings. The van der Waals surface area contributed by atoms with Crippen LogP contribution >= 0.6 is 7.26 Å². The van der Waals surface area contributed by atoms with Gasteiger partial charge in [0.15, 0.2) is 0 Å². The first-order chi connectivity index (χ1) is 16.7. The molecule has 0 heterocycles. The molecule has 5 aromatic carbocycles. The summed E-state index contributed by atoms with van der Waals surface area (Å²) in [6, 6.07) is 45.8. The molecule has 0 spiro atoms. The lowest BCUT2D eigenvalue weighted by molar-refractivity contribution is 0.216. The van der Waals surface area contributed by atoms with Crippen molar-refractivity contribution in [2.24, 2.45) is 0 Å². The lowest BCUT2D eigenvalue weighted by Gasteiger charge is -2.30. The second-order valence-electron chi connectivity index (χ2n) is 8.16. The molecule has 0 saturated carbocycles. The van der Waals surface area contributed by atoms with Crippen molar-refractivity contribution in [3.05, 3.63) is 156 Å². The molecule has 34 heavy (non-hydrogen) atoms. The predicted molar refractivity (Wildman–Crippen MR) is 142 cm³/mol. The first-order valence-corrected chi connectivity index (χ1v) is 13.1. The maximum atomic E-state index is 14.8. The minimum Gasteiger partial charge on any atom is -0.383 e. The third-order valence-electron chi connectivity index (χ3n) is 6.22. The summed E-state index contributed by atoms with van der Waals surface area (Å²) >= 11 is 0. The smallest absolute Gasteiger partial charge is 0.144 e. The van der Waals surface area contributed by atoms with Crippen molar-refractivity contribution in [1.82, 2.24) is 0 Å². The van der Waals surface area contributed by atoms with Gasteiger partial charge in [-0.3, -0.25) is 0 Å². The maximum absolute atomic E-state index is 14.8. The molecule has 1 atom stereocenters. The topological polar surface area (TPSA) is 20.2 Å². The van der Waals surface area contributed by atoms with Gasteiger partial charge in [-0.25, -0.2) is 4.39 Å². The molecule has 0 saturated heterocycles. The van der Waals surface area contributed by atoms with Gasteiger partial charge >= 0.3 is 0 Å². The largest absolute Gasteiger partial charge is 0.383 e. The maximum Gasteiger partial charge on any atom is 0.144 e. The predicted octanol–water partition coefficient (Wildman–Crippen LogP) is 5.53. The quantitative estimate of drug-likeness (QED) is 0.329. The minimum atomic E-state index is -2.42. The zero-order chi connectivity index (χ0) is 23.4. The first kappa shape index (κ1) is 22.2. The van der Waals surface area contributed by atoms with Gasteiger partial charge in [0.25, 0.3) is 0 Å². The van der Waals surface area contributed by atoms with Gasteiger partial charge < -0.3 is 5.11 Å². The zero-order valence-corrected chi connectivity index (χ0v) is 19.5. The third kappa shape index (κ3) is 3.86. The van der Waals surface area contributed by atoms with Crippen LogP contribution in [0.3, 0.4) is 0 Å². The van der Waals surface area contributed by atoms with Gasteiger partial charge in [-0.2, -0.15) is 0 Å². The van der Waals surface area contributed by atoms with Gasteiger partial charge in [-0.15, -0.1) is 0 Å². The van der Waals surface area contributed by atoms with E-state index in [-0.39, 0.29) is 5.56 Å². The highest BCUT2D eigenvalue weighted by molar-refractivity contribution is 8.01. The average Bonchev–Trinajstić information content (AvgIpc) is 2.91. The first-order valence-electron chi connectivity index (χ1n) is 11.3. The molecular weight excluding hydrogens is 438 g/mol. The zero-order valence-electron chi connectivity index (χ0n) is 18.6. The number of hydrogen-bond donors (Lipinski definition) is 1. The highest BCUT2D eigenvalue weighted by atomic mass is 31.2. The summed E-state index contributed by atoms with van der Waals surface area (Å²) in [4.78, 5) is 0. The summed E-state index contributed by atoms with van der Waals surface area (Å²) in [6.07, 6.45) is -1.09. The van der Waals surface area contributed by atoms with Crippen molar-refractivity contribution in [1.29, 1.82) is 0 Å². The highest BCUT2D eigenvalue weighted by Gasteiger charge is 2.49. The van der Waals surface area contributed by atoms with E-state index in [0.29, 0.717) is 0 Å². The standard InChI is InChI=1S/C31H25FOP/c32-29-22-12-10-20-27(29)31(33)28-21-11-13-23-30(28)34(24-14-4-1-5-15-24,25-16-6-2-7-17-25)26-18-8-3-9-19-26/h1-23,31,33H/q+1/t31-/m0/s1. The van der Waals surface area contributed by atoms with E-state index >= 15 is 0 Å². The van der Waals surface area contributed by atoms with Crippen LogP contribution in [0.2, 0.25) is 0 Å². The Kier molecular flexibility index (Phi) is 6.36. The van der Waals surface area contributed by atoms with Gasteiger partial charge in [0.2, 0.25) is 0 Å². The molecule has 3 heteroatoms. The van der Waals surface area contributed by atoms with Gasteiger partial charge in [0.05, 0.1) is 0 Å². The van der Waals surface area contributed by atoms with Crippen LogP contribution in [-0.4, -0.2) is 5.11 Å². The molecule has 166 valence electrons. The second-order valence-corrected chi connectivity index (χ2v) is 11.5. The Morgan fingerprint density at radius 2 is 0.853 bits per heavy atom. The summed E-state index contributed by atoms with van der Waals surface area (Å²) in [5.41, 5.74) is 1.000. The van der Waals surface area contributed by atoms with E-state index in [2.05, 4.69) is 78.9 Å². The molecule has 0 aliphatic rings. The minimum absolute atomic E-state index is 0.280. The van der Waals surface area contributed by atoms with Crippen LogP contribution in [0.25, 0.3) is 0 Å². The Morgan fingerprint density at radius 3 is 1.32 bits per heavy atom. The molecule has 0 amide bonds. The van der Waals surface area contributed by atoms with E-state index in [4.69, 9.17) is 0 Å². The van der Waals surface area contributed by atoms with Crippen LogP contribution in [0.15, 0.2) is 140 Å². The van der Waals surface area contributed by atoms with Crippen LogP contribution in [0, 0.1) is 5.82 Å². The molecule has 1 nitrogen and oxygen atoms in total. The lowest BCUT2D eigenvalue weighted by Crippen LogP contribution is -2.40. The molecular formula is C31H25FOP+. The Bertz CT molecular complexity index is 1270. The normalized spacial score (nSPS) is 12.3. The molecule has 5 rings (SSSR count). The van der Waals surface area contributed by atoms with Crippen LogP contribution in [0.1, 0.15) is 17.2 Å². The molecule has 0 aliphatic carbocycles. The average molecular weight is 464 g/mol. The van der Waals surface area contributed by atoms with E-state index < -0.39 is 19.2 Å². The van der Waals surface area contributed by atoms with Crippen LogP contribution in [-0.2, 0) is 0 Å². The number of hydrogen-bond acceptors (Lipinski definition) is 1. The van der Waals surface area contributed by atoms with Gasteiger partial charge in [0, 0.05) is 11.1 Å². The fourth-order valence-corrected chi connectivity index (χ4v) is 9.19. The van der Waals surface area contributed by atoms with Crippen molar-refractivity contribution < 1.29 is 9.50 Å². The van der Waals surface area contributed by atoms with Gasteiger partial charge in [0.1, 0.15) is 40.4 Å². The van der Waals surface area contributed by atoms with E-state index in [1.807, 2.05) is 36.4 Å². The van der Waals surface area contributed by atoms with E-state index in [0.717, 1.165) is 10.9 Å². The molecule has 1 N–H and O–H groups in total. The summed E-state index contributed by atoms with van der Waals surface area (Å²) in [7, 11) is -2.42. The van der Waals surface area contributed by atoms with Crippen LogP contribution < -0.4 is 21.2 Å². The van der Waals surface area contributed by atoms with Crippen molar-refractivity contribution >= 4 is 28.5 Å². The molecule has 0 bridgehead atoms. The number of aliphatic hydroxyl groups excluding tert-OH is 1. The molecule has 0 aromatic heterocycles. The lowest BCUT2D eigenvalue weighted by atomic mass is 10.0.